The average Bonchev–Trinajstić information content (AvgIpc) is 3.06. The number of hydrogen-bond donors (Lipinski definition) is 0. The van der Waals surface area contributed by atoms with Crippen LogP contribution in [0.25, 0.3) is 10.2 Å². The van der Waals surface area contributed by atoms with Crippen molar-refractivity contribution in [2.75, 3.05) is 0 Å². The molecular formula is C14H10N2OS2. The maximum Gasteiger partial charge on any atom is 0.272 e. The van der Waals surface area contributed by atoms with Gasteiger partial charge < -0.3 is 0 Å². The molecule has 1 aliphatic rings. The van der Waals surface area contributed by atoms with Gasteiger partial charge in [-0.1, -0.05) is 42.1 Å². The van der Waals surface area contributed by atoms with Crippen LogP contribution in [-0.4, -0.2) is 9.55 Å². The summed E-state index contributed by atoms with van der Waals surface area (Å²) in [6.07, 6.45) is 0. The summed E-state index contributed by atoms with van der Waals surface area (Å²) < 4.78 is 2.57. The lowest BCUT2D eigenvalue weighted by atomic mass is 10.1. The molecule has 0 aliphatic carbocycles. The monoisotopic (exact) mass is 286 g/mol. The summed E-state index contributed by atoms with van der Waals surface area (Å²) in [6.45, 7) is 0.712. The Morgan fingerprint density at radius 2 is 2.05 bits per heavy atom. The number of thiophene rings is 1. The number of thioether (sulfide) groups is 1. The van der Waals surface area contributed by atoms with E-state index in [0.717, 1.165) is 15.4 Å². The number of benzene rings is 1. The van der Waals surface area contributed by atoms with E-state index in [2.05, 4.69) is 17.1 Å². The molecule has 19 heavy (non-hydrogen) atoms. The summed E-state index contributed by atoms with van der Waals surface area (Å²) in [4.78, 5) is 17.0. The zero-order chi connectivity index (χ0) is 12.8. The first-order valence-electron chi connectivity index (χ1n) is 6.02. The fourth-order valence-electron chi connectivity index (χ4n) is 2.35. The maximum absolute atomic E-state index is 12.4. The summed E-state index contributed by atoms with van der Waals surface area (Å²) >= 11 is 3.15. The second kappa shape index (κ2) is 4.21. The quantitative estimate of drug-likeness (QED) is 0.644. The fraction of sp³-hybridized carbons (Fsp3) is 0.143. The van der Waals surface area contributed by atoms with Gasteiger partial charge in [-0.15, -0.1) is 11.3 Å². The van der Waals surface area contributed by atoms with Crippen LogP contribution in [0.3, 0.4) is 0 Å². The average molecular weight is 286 g/mol. The molecule has 3 nitrogen and oxygen atoms in total. The van der Waals surface area contributed by atoms with Gasteiger partial charge in [-0.3, -0.25) is 9.36 Å². The SMILES string of the molecule is O=c1c2sccc2nc2n1CC(c1ccccc1)S2. The molecule has 5 heteroatoms. The molecule has 0 spiro atoms. The Morgan fingerprint density at radius 1 is 1.21 bits per heavy atom. The zero-order valence-corrected chi connectivity index (χ0v) is 11.6. The van der Waals surface area contributed by atoms with Gasteiger partial charge in [0.2, 0.25) is 0 Å². The highest BCUT2D eigenvalue weighted by atomic mass is 32.2. The van der Waals surface area contributed by atoms with E-state index in [0.29, 0.717) is 6.54 Å². The highest BCUT2D eigenvalue weighted by molar-refractivity contribution is 7.99. The number of fused-ring (bicyclic) bond motifs is 2. The molecule has 3 aromatic rings. The van der Waals surface area contributed by atoms with E-state index < -0.39 is 0 Å². The molecule has 0 amide bonds. The van der Waals surface area contributed by atoms with Crippen LogP contribution in [0.2, 0.25) is 0 Å². The van der Waals surface area contributed by atoms with Crippen molar-refractivity contribution in [2.45, 2.75) is 17.0 Å². The van der Waals surface area contributed by atoms with Gasteiger partial charge in [0.25, 0.3) is 5.56 Å². The van der Waals surface area contributed by atoms with Gasteiger partial charge in [-0.2, -0.15) is 0 Å². The van der Waals surface area contributed by atoms with E-state index >= 15 is 0 Å². The molecule has 0 bridgehead atoms. The van der Waals surface area contributed by atoms with Crippen LogP contribution in [0.5, 0.6) is 0 Å². The van der Waals surface area contributed by atoms with Gasteiger partial charge in [-0.25, -0.2) is 4.98 Å². The number of nitrogens with zero attached hydrogens (tertiary/aromatic N) is 2. The van der Waals surface area contributed by atoms with E-state index in [-0.39, 0.29) is 10.8 Å². The van der Waals surface area contributed by atoms with Crippen LogP contribution >= 0.6 is 23.1 Å². The van der Waals surface area contributed by atoms with Crippen molar-refractivity contribution in [1.29, 1.82) is 0 Å². The highest BCUT2D eigenvalue weighted by Gasteiger charge is 2.26. The Morgan fingerprint density at radius 3 is 2.89 bits per heavy atom. The van der Waals surface area contributed by atoms with Crippen LogP contribution in [-0.2, 0) is 6.54 Å². The third-order valence-corrected chi connectivity index (χ3v) is 5.42. The molecule has 1 aromatic carbocycles. The van der Waals surface area contributed by atoms with E-state index in [1.807, 2.05) is 29.6 Å². The predicted molar refractivity (Wildman–Crippen MR) is 78.9 cm³/mol. The first kappa shape index (κ1) is 11.3. The minimum atomic E-state index is 0.0981. The van der Waals surface area contributed by atoms with Crippen molar-refractivity contribution < 1.29 is 0 Å². The second-order valence-corrected chi connectivity index (χ2v) is 6.55. The smallest absolute Gasteiger partial charge is 0.272 e. The summed E-state index contributed by atoms with van der Waals surface area (Å²) in [5, 5.41) is 3.05. The third kappa shape index (κ3) is 1.73. The molecule has 0 saturated heterocycles. The number of hydrogen-bond acceptors (Lipinski definition) is 4. The molecule has 0 radical (unpaired) electrons. The second-order valence-electron chi connectivity index (χ2n) is 4.46. The summed E-state index contributed by atoms with van der Waals surface area (Å²) in [7, 11) is 0. The van der Waals surface area contributed by atoms with Crippen molar-refractivity contribution in [1.82, 2.24) is 9.55 Å². The number of rotatable bonds is 1. The van der Waals surface area contributed by atoms with Crippen LogP contribution in [0.1, 0.15) is 10.8 Å². The summed E-state index contributed by atoms with van der Waals surface area (Å²) in [5.74, 6) is 0. The van der Waals surface area contributed by atoms with Crippen molar-refractivity contribution in [3.05, 3.63) is 57.7 Å². The molecule has 1 unspecified atom stereocenters. The first-order valence-corrected chi connectivity index (χ1v) is 7.78. The van der Waals surface area contributed by atoms with E-state index in [1.165, 1.54) is 16.9 Å². The highest BCUT2D eigenvalue weighted by Crippen LogP contribution is 2.41. The van der Waals surface area contributed by atoms with Crippen molar-refractivity contribution in [2.24, 2.45) is 0 Å². The fourth-order valence-corrected chi connectivity index (χ4v) is 4.33. The zero-order valence-electron chi connectivity index (χ0n) is 9.95. The third-order valence-electron chi connectivity index (χ3n) is 3.30. The van der Waals surface area contributed by atoms with Crippen LogP contribution in [0, 0.1) is 0 Å². The Kier molecular flexibility index (Phi) is 2.50. The molecule has 94 valence electrons. The number of aromatic nitrogens is 2. The molecule has 0 fully saturated rings. The van der Waals surface area contributed by atoms with E-state index in [1.54, 1.807) is 16.3 Å². The first-order chi connectivity index (χ1) is 9.33. The van der Waals surface area contributed by atoms with Gasteiger partial charge in [0, 0.05) is 6.54 Å². The van der Waals surface area contributed by atoms with Crippen molar-refractivity contribution in [3.63, 3.8) is 0 Å². The van der Waals surface area contributed by atoms with Crippen LogP contribution in [0.4, 0.5) is 0 Å². The van der Waals surface area contributed by atoms with Gasteiger partial charge in [0.1, 0.15) is 4.70 Å². The maximum atomic E-state index is 12.4. The lowest BCUT2D eigenvalue weighted by Crippen LogP contribution is -2.19. The van der Waals surface area contributed by atoms with Gasteiger partial charge >= 0.3 is 0 Å². The van der Waals surface area contributed by atoms with E-state index in [9.17, 15) is 4.79 Å². The van der Waals surface area contributed by atoms with Crippen LogP contribution < -0.4 is 5.56 Å². The molecule has 4 rings (SSSR count). The minimum Gasteiger partial charge on any atom is -0.285 e. The standard InChI is InChI=1S/C14H10N2OS2/c17-13-12-10(6-7-18-12)15-14-16(13)8-11(19-14)9-4-2-1-3-5-9/h1-7,11H,8H2. The molecule has 1 atom stereocenters. The summed E-state index contributed by atoms with van der Waals surface area (Å²) in [5.41, 5.74) is 2.17. The topological polar surface area (TPSA) is 34.9 Å². The minimum absolute atomic E-state index is 0.0981. The predicted octanol–water partition coefficient (Wildman–Crippen LogP) is 3.31. The molecule has 2 aromatic heterocycles. The Bertz CT molecular complexity index is 807. The molecule has 0 saturated carbocycles. The van der Waals surface area contributed by atoms with E-state index in [4.69, 9.17) is 0 Å². The van der Waals surface area contributed by atoms with Gasteiger partial charge in [0.05, 0.1) is 10.8 Å². The normalized spacial score (nSPS) is 17.8. The van der Waals surface area contributed by atoms with Crippen molar-refractivity contribution in [3.8, 4) is 0 Å². The van der Waals surface area contributed by atoms with Crippen LogP contribution in [0.15, 0.2) is 51.7 Å². The molecule has 3 heterocycles. The van der Waals surface area contributed by atoms with Gasteiger partial charge in [0.15, 0.2) is 5.16 Å². The lowest BCUT2D eigenvalue weighted by Gasteiger charge is -2.06. The molecular weight excluding hydrogens is 276 g/mol. The Balaban J connectivity index is 1.82. The van der Waals surface area contributed by atoms with Gasteiger partial charge in [-0.05, 0) is 17.0 Å². The Hall–Kier alpha value is -1.59. The lowest BCUT2D eigenvalue weighted by molar-refractivity contribution is 0.625. The Labute approximate surface area is 117 Å². The molecule has 1 aliphatic heterocycles. The largest absolute Gasteiger partial charge is 0.285 e. The summed E-state index contributed by atoms with van der Waals surface area (Å²) in [6, 6.07) is 12.2. The van der Waals surface area contributed by atoms with Crippen molar-refractivity contribution >= 4 is 33.3 Å². The molecule has 0 N–H and O–H groups in total.